The minimum Gasteiger partial charge on any atom is -0.477 e. The van der Waals surface area contributed by atoms with Crippen molar-refractivity contribution in [3.63, 3.8) is 0 Å². The lowest BCUT2D eigenvalue weighted by Gasteiger charge is -2.10. The summed E-state index contributed by atoms with van der Waals surface area (Å²) in [6.07, 6.45) is 1.52. The maximum absolute atomic E-state index is 13.5. The molecular formula is C13H9BrFNO3. The van der Waals surface area contributed by atoms with E-state index in [0.29, 0.717) is 5.56 Å². The first-order chi connectivity index (χ1) is 8.99. The zero-order chi connectivity index (χ0) is 14.0. The van der Waals surface area contributed by atoms with Gasteiger partial charge in [-0.05, 0) is 41.1 Å². The van der Waals surface area contributed by atoms with Crippen molar-refractivity contribution in [3.05, 3.63) is 51.9 Å². The monoisotopic (exact) mass is 325 g/mol. The number of nitrogens with zero attached hydrogens (tertiary/aromatic N) is 1. The number of aryl methyl sites for hydroxylation is 1. The smallest absolute Gasteiger partial charge is 0.342 e. The van der Waals surface area contributed by atoms with Crippen LogP contribution in [0.4, 0.5) is 4.39 Å². The van der Waals surface area contributed by atoms with Crippen molar-refractivity contribution in [1.82, 2.24) is 4.98 Å². The van der Waals surface area contributed by atoms with Crippen molar-refractivity contribution in [2.75, 3.05) is 0 Å². The van der Waals surface area contributed by atoms with Crippen LogP contribution in [0.2, 0.25) is 0 Å². The first kappa shape index (κ1) is 13.5. The Morgan fingerprint density at radius 2 is 2.21 bits per heavy atom. The van der Waals surface area contributed by atoms with Crippen LogP contribution < -0.4 is 4.74 Å². The summed E-state index contributed by atoms with van der Waals surface area (Å²) in [4.78, 5) is 15.0. The van der Waals surface area contributed by atoms with Gasteiger partial charge in [0.25, 0.3) is 0 Å². The highest BCUT2D eigenvalue weighted by Crippen LogP contribution is 2.28. The second kappa shape index (κ2) is 5.36. The molecule has 0 amide bonds. The van der Waals surface area contributed by atoms with E-state index in [1.54, 1.807) is 13.0 Å². The number of pyridine rings is 1. The molecule has 6 heteroatoms. The van der Waals surface area contributed by atoms with Crippen LogP contribution in [-0.4, -0.2) is 16.1 Å². The Morgan fingerprint density at radius 1 is 1.47 bits per heavy atom. The number of carboxylic acid groups (broad SMARTS) is 1. The van der Waals surface area contributed by atoms with Gasteiger partial charge in [0.15, 0.2) is 0 Å². The highest BCUT2D eigenvalue weighted by molar-refractivity contribution is 9.10. The predicted molar refractivity (Wildman–Crippen MR) is 70.1 cm³/mol. The highest BCUT2D eigenvalue weighted by Gasteiger charge is 2.18. The van der Waals surface area contributed by atoms with Crippen LogP contribution in [0.15, 0.2) is 34.9 Å². The molecule has 0 radical (unpaired) electrons. The molecule has 1 heterocycles. The van der Waals surface area contributed by atoms with E-state index in [4.69, 9.17) is 9.84 Å². The Kier molecular flexibility index (Phi) is 3.80. The van der Waals surface area contributed by atoms with Crippen LogP contribution in [0.3, 0.4) is 0 Å². The van der Waals surface area contributed by atoms with Gasteiger partial charge in [0.2, 0.25) is 5.88 Å². The molecule has 1 aromatic carbocycles. The summed E-state index contributed by atoms with van der Waals surface area (Å²) >= 11 is 3.26. The molecule has 0 spiro atoms. The molecule has 2 rings (SSSR count). The van der Waals surface area contributed by atoms with Gasteiger partial charge in [-0.2, -0.15) is 0 Å². The molecule has 0 unspecified atom stereocenters. The molecule has 19 heavy (non-hydrogen) atoms. The summed E-state index contributed by atoms with van der Waals surface area (Å²) in [6, 6.07) is 5.60. The van der Waals surface area contributed by atoms with Crippen molar-refractivity contribution in [1.29, 1.82) is 0 Å². The Morgan fingerprint density at radius 3 is 2.84 bits per heavy atom. The molecule has 0 atom stereocenters. The van der Waals surface area contributed by atoms with Gasteiger partial charge in [-0.25, -0.2) is 14.2 Å². The van der Waals surface area contributed by atoms with Crippen molar-refractivity contribution < 1.29 is 19.0 Å². The summed E-state index contributed by atoms with van der Waals surface area (Å²) in [5.41, 5.74) is 0.196. The normalized spacial score (nSPS) is 10.3. The van der Waals surface area contributed by atoms with Crippen molar-refractivity contribution >= 4 is 21.9 Å². The van der Waals surface area contributed by atoms with Crippen molar-refractivity contribution in [2.45, 2.75) is 6.92 Å². The Hall–Kier alpha value is -1.95. The van der Waals surface area contributed by atoms with Crippen LogP contribution in [0.5, 0.6) is 11.6 Å². The molecule has 0 aliphatic carbocycles. The fourth-order valence-corrected chi connectivity index (χ4v) is 1.98. The summed E-state index contributed by atoms with van der Waals surface area (Å²) in [5, 5.41) is 8.99. The summed E-state index contributed by atoms with van der Waals surface area (Å²) in [6.45, 7) is 1.76. The minimum absolute atomic E-state index is 0.0783. The van der Waals surface area contributed by atoms with Gasteiger partial charge in [0.05, 0.1) is 0 Å². The number of hydrogen-bond donors (Lipinski definition) is 1. The predicted octanol–water partition coefficient (Wildman–Crippen LogP) is 3.78. The first-order valence-corrected chi connectivity index (χ1v) is 6.10. The number of ether oxygens (including phenoxy) is 1. The van der Waals surface area contributed by atoms with Crippen LogP contribution in [0, 0.1) is 12.7 Å². The van der Waals surface area contributed by atoms with Gasteiger partial charge in [-0.1, -0.05) is 6.07 Å². The number of carbonyl (C=O) groups is 1. The number of aromatic nitrogens is 1. The van der Waals surface area contributed by atoms with Crippen LogP contribution in [-0.2, 0) is 0 Å². The Labute approximate surface area is 117 Å². The number of aromatic carboxylic acids is 1. The van der Waals surface area contributed by atoms with E-state index in [2.05, 4.69) is 20.9 Å². The maximum atomic E-state index is 13.5. The minimum atomic E-state index is -1.39. The second-order valence-corrected chi connectivity index (χ2v) is 4.71. The number of carboxylic acids is 1. The number of benzene rings is 1. The van der Waals surface area contributed by atoms with E-state index in [9.17, 15) is 9.18 Å². The standard InChI is InChI=1S/C13H9BrFNO3/c1-7-5-8(14)6-16-12(7)19-10-4-2-3-9(15)11(10)13(17)18/h2-6H,1H3,(H,17,18). The molecule has 98 valence electrons. The zero-order valence-electron chi connectivity index (χ0n) is 9.85. The van der Waals surface area contributed by atoms with Crippen LogP contribution in [0.25, 0.3) is 0 Å². The maximum Gasteiger partial charge on any atom is 0.342 e. The molecule has 0 aliphatic heterocycles. The Bertz CT molecular complexity index is 646. The van der Waals surface area contributed by atoms with Gasteiger partial charge >= 0.3 is 5.97 Å². The molecule has 0 saturated heterocycles. The Balaban J connectivity index is 2.44. The second-order valence-electron chi connectivity index (χ2n) is 3.80. The van der Waals surface area contributed by atoms with Crippen LogP contribution >= 0.6 is 15.9 Å². The molecule has 0 aliphatic rings. The number of rotatable bonds is 3. The third-order valence-electron chi connectivity index (χ3n) is 2.39. The summed E-state index contributed by atoms with van der Waals surface area (Å²) in [7, 11) is 0. The fourth-order valence-electron chi connectivity index (χ4n) is 1.54. The molecule has 1 N–H and O–H groups in total. The van der Waals surface area contributed by atoms with Gasteiger partial charge < -0.3 is 9.84 Å². The topological polar surface area (TPSA) is 59.4 Å². The molecule has 0 saturated carbocycles. The molecule has 2 aromatic rings. The largest absolute Gasteiger partial charge is 0.477 e. The van der Waals surface area contributed by atoms with E-state index in [1.807, 2.05) is 0 Å². The quantitative estimate of drug-likeness (QED) is 0.932. The third-order valence-corrected chi connectivity index (χ3v) is 2.83. The molecule has 0 fully saturated rings. The van der Waals surface area contributed by atoms with Gasteiger partial charge in [0.1, 0.15) is 17.1 Å². The third kappa shape index (κ3) is 2.90. The fraction of sp³-hybridized carbons (Fsp3) is 0.0769. The lowest BCUT2D eigenvalue weighted by Crippen LogP contribution is -2.04. The van der Waals surface area contributed by atoms with Gasteiger partial charge in [0, 0.05) is 16.2 Å². The average molecular weight is 326 g/mol. The number of hydrogen-bond acceptors (Lipinski definition) is 3. The molecule has 1 aromatic heterocycles. The molecule has 4 nitrogen and oxygen atoms in total. The highest BCUT2D eigenvalue weighted by atomic mass is 79.9. The zero-order valence-corrected chi connectivity index (χ0v) is 11.4. The molecular weight excluding hydrogens is 317 g/mol. The van der Waals surface area contributed by atoms with E-state index in [0.717, 1.165) is 10.5 Å². The SMILES string of the molecule is Cc1cc(Br)cnc1Oc1cccc(F)c1C(=O)O. The number of halogens is 2. The summed E-state index contributed by atoms with van der Waals surface area (Å²) in [5.74, 6) is -2.08. The van der Waals surface area contributed by atoms with E-state index < -0.39 is 17.3 Å². The average Bonchev–Trinajstić information content (AvgIpc) is 2.32. The molecule has 0 bridgehead atoms. The van der Waals surface area contributed by atoms with E-state index in [1.165, 1.54) is 18.3 Å². The van der Waals surface area contributed by atoms with Crippen molar-refractivity contribution in [2.24, 2.45) is 0 Å². The first-order valence-electron chi connectivity index (χ1n) is 5.31. The van der Waals surface area contributed by atoms with E-state index in [-0.39, 0.29) is 11.6 Å². The van der Waals surface area contributed by atoms with Gasteiger partial charge in [-0.15, -0.1) is 0 Å². The van der Waals surface area contributed by atoms with Crippen molar-refractivity contribution in [3.8, 4) is 11.6 Å². The van der Waals surface area contributed by atoms with Crippen LogP contribution in [0.1, 0.15) is 15.9 Å². The summed E-state index contributed by atoms with van der Waals surface area (Å²) < 4.78 is 19.6. The van der Waals surface area contributed by atoms with Gasteiger partial charge in [-0.3, -0.25) is 0 Å². The lowest BCUT2D eigenvalue weighted by molar-refractivity contribution is 0.0689. The van der Waals surface area contributed by atoms with E-state index >= 15 is 0 Å². The lowest BCUT2D eigenvalue weighted by atomic mass is 10.2.